The van der Waals surface area contributed by atoms with Crippen LogP contribution in [-0.2, 0) is 14.8 Å². The molecule has 2 aromatic carbocycles. The van der Waals surface area contributed by atoms with Crippen LogP contribution in [-0.4, -0.2) is 44.3 Å². The highest BCUT2D eigenvalue weighted by Crippen LogP contribution is 2.38. The van der Waals surface area contributed by atoms with Gasteiger partial charge >= 0.3 is 0 Å². The van der Waals surface area contributed by atoms with Crippen LogP contribution in [0.1, 0.15) is 24.0 Å². The van der Waals surface area contributed by atoms with Crippen molar-refractivity contribution in [3.05, 3.63) is 53.6 Å². The van der Waals surface area contributed by atoms with E-state index in [4.69, 9.17) is 14.7 Å². The topological polar surface area (TPSA) is 75.6 Å². The molecule has 1 fully saturated rings. The number of rotatable bonds is 4. The molecule has 8 heteroatoms. The maximum Gasteiger partial charge on any atom is 0.267 e. The highest BCUT2D eigenvalue weighted by atomic mass is 32.2. The Balaban J connectivity index is 1.60. The molecule has 0 amide bonds. The average molecular weight is 425 g/mol. The SMILES string of the molecule is Cc1ccc(S(=O)(=O)N2CN(C[C@H]3CCCO3)c3nc4ccccc4nc32)cc1C. The zero-order chi connectivity index (χ0) is 20.9. The van der Waals surface area contributed by atoms with Gasteiger partial charge in [-0.3, -0.25) is 0 Å². The number of ether oxygens (including phenoxy) is 1. The number of hydrogen-bond acceptors (Lipinski definition) is 6. The van der Waals surface area contributed by atoms with Gasteiger partial charge in [0, 0.05) is 13.2 Å². The summed E-state index contributed by atoms with van der Waals surface area (Å²) in [5, 5.41) is 0. The van der Waals surface area contributed by atoms with Crippen molar-refractivity contribution in [3.63, 3.8) is 0 Å². The van der Waals surface area contributed by atoms with Crippen LogP contribution in [0.3, 0.4) is 0 Å². The standard InChI is InChI=1S/C22H24N4O3S/c1-15-9-10-18(12-16(15)2)30(27,28)26-14-25(13-17-6-5-11-29-17)21-22(26)24-20-8-4-3-7-19(20)23-21/h3-4,7-10,12,17H,5-6,11,13-14H2,1-2H3/t17-/m1/s1. The molecule has 1 aromatic heterocycles. The highest BCUT2D eigenvalue weighted by molar-refractivity contribution is 7.92. The van der Waals surface area contributed by atoms with E-state index in [-0.39, 0.29) is 17.7 Å². The quantitative estimate of drug-likeness (QED) is 0.639. The van der Waals surface area contributed by atoms with Crippen molar-refractivity contribution in [3.8, 4) is 0 Å². The van der Waals surface area contributed by atoms with Gasteiger partial charge in [0.05, 0.1) is 22.0 Å². The third-order valence-corrected chi connectivity index (χ3v) is 7.60. The Morgan fingerprint density at radius 1 is 1.03 bits per heavy atom. The van der Waals surface area contributed by atoms with Crippen LogP contribution in [0, 0.1) is 13.8 Å². The highest BCUT2D eigenvalue weighted by Gasteiger charge is 2.39. The fourth-order valence-corrected chi connectivity index (χ4v) is 5.48. The Hall–Kier alpha value is -2.71. The van der Waals surface area contributed by atoms with Crippen LogP contribution >= 0.6 is 0 Å². The van der Waals surface area contributed by atoms with Crippen molar-refractivity contribution in [2.75, 3.05) is 29.0 Å². The van der Waals surface area contributed by atoms with E-state index in [2.05, 4.69) is 0 Å². The molecular weight excluding hydrogens is 400 g/mol. The molecule has 0 bridgehead atoms. The molecule has 7 nitrogen and oxygen atoms in total. The van der Waals surface area contributed by atoms with Gasteiger partial charge in [-0.1, -0.05) is 18.2 Å². The summed E-state index contributed by atoms with van der Waals surface area (Å²) in [5.74, 6) is 0.974. The van der Waals surface area contributed by atoms with E-state index < -0.39 is 10.0 Å². The van der Waals surface area contributed by atoms with Crippen LogP contribution in [0.2, 0.25) is 0 Å². The summed E-state index contributed by atoms with van der Waals surface area (Å²) < 4.78 is 34.3. The smallest absolute Gasteiger partial charge is 0.267 e. The molecule has 5 rings (SSSR count). The van der Waals surface area contributed by atoms with Crippen molar-refractivity contribution in [2.45, 2.75) is 37.7 Å². The van der Waals surface area contributed by atoms with Crippen molar-refractivity contribution in [1.82, 2.24) is 9.97 Å². The van der Waals surface area contributed by atoms with Gasteiger partial charge in [0.1, 0.15) is 6.67 Å². The lowest BCUT2D eigenvalue weighted by molar-refractivity contribution is 0.116. The first kappa shape index (κ1) is 19.3. The molecule has 2 aliphatic heterocycles. The molecule has 0 N–H and O–H groups in total. The Kier molecular flexibility index (Phi) is 4.63. The van der Waals surface area contributed by atoms with Gasteiger partial charge in [-0.15, -0.1) is 0 Å². The number of aromatic nitrogens is 2. The predicted octanol–water partition coefficient (Wildman–Crippen LogP) is 3.40. The first-order chi connectivity index (χ1) is 14.4. The summed E-state index contributed by atoms with van der Waals surface area (Å²) >= 11 is 0. The van der Waals surface area contributed by atoms with E-state index in [1.807, 2.05) is 49.1 Å². The second kappa shape index (κ2) is 7.21. The van der Waals surface area contributed by atoms with Gasteiger partial charge in [0.2, 0.25) is 0 Å². The maximum atomic E-state index is 13.6. The third-order valence-electron chi connectivity index (χ3n) is 5.88. The summed E-state index contributed by atoms with van der Waals surface area (Å²) in [4.78, 5) is 11.7. The normalized spacial score (nSPS) is 18.9. The average Bonchev–Trinajstić information content (AvgIpc) is 3.37. The summed E-state index contributed by atoms with van der Waals surface area (Å²) in [6.45, 7) is 5.42. The summed E-state index contributed by atoms with van der Waals surface area (Å²) in [6, 6.07) is 12.8. The van der Waals surface area contributed by atoms with Crippen molar-refractivity contribution < 1.29 is 13.2 Å². The van der Waals surface area contributed by atoms with Gasteiger partial charge < -0.3 is 9.64 Å². The lowest BCUT2D eigenvalue weighted by atomic mass is 10.1. The minimum absolute atomic E-state index is 0.0791. The number of sulfonamides is 1. The summed E-state index contributed by atoms with van der Waals surface area (Å²) in [6.07, 6.45) is 2.08. The number of hydrogen-bond donors (Lipinski definition) is 0. The molecule has 0 saturated carbocycles. The lowest BCUT2D eigenvalue weighted by Gasteiger charge is -2.23. The molecule has 0 radical (unpaired) electrons. The van der Waals surface area contributed by atoms with Crippen molar-refractivity contribution in [1.29, 1.82) is 0 Å². The van der Waals surface area contributed by atoms with E-state index in [1.165, 1.54) is 4.31 Å². The molecular formula is C22H24N4O3S. The van der Waals surface area contributed by atoms with Crippen LogP contribution in [0.15, 0.2) is 47.4 Å². The Labute approximate surface area is 176 Å². The van der Waals surface area contributed by atoms with Gasteiger partial charge in [-0.05, 0) is 62.1 Å². The third kappa shape index (κ3) is 3.20. The van der Waals surface area contributed by atoms with Crippen molar-refractivity contribution in [2.24, 2.45) is 0 Å². The predicted molar refractivity (Wildman–Crippen MR) is 116 cm³/mol. The lowest BCUT2D eigenvalue weighted by Crippen LogP contribution is -2.39. The van der Waals surface area contributed by atoms with E-state index in [9.17, 15) is 8.42 Å². The first-order valence-electron chi connectivity index (χ1n) is 10.2. The van der Waals surface area contributed by atoms with Crippen LogP contribution in [0.25, 0.3) is 11.0 Å². The minimum Gasteiger partial charge on any atom is -0.376 e. The molecule has 156 valence electrons. The minimum atomic E-state index is -3.78. The zero-order valence-electron chi connectivity index (χ0n) is 17.1. The molecule has 30 heavy (non-hydrogen) atoms. The number of benzene rings is 2. The van der Waals surface area contributed by atoms with E-state index in [0.717, 1.165) is 36.1 Å². The fourth-order valence-electron chi connectivity index (χ4n) is 4.02. The van der Waals surface area contributed by atoms with E-state index in [0.29, 0.717) is 23.7 Å². The van der Waals surface area contributed by atoms with Crippen LogP contribution < -0.4 is 9.21 Å². The Morgan fingerprint density at radius 2 is 1.77 bits per heavy atom. The number of fused-ring (bicyclic) bond motifs is 2. The molecule has 0 unspecified atom stereocenters. The first-order valence-corrected chi connectivity index (χ1v) is 11.6. The molecule has 1 saturated heterocycles. The summed E-state index contributed by atoms with van der Waals surface area (Å²) in [7, 11) is -3.78. The molecule has 0 spiro atoms. The molecule has 2 aliphatic rings. The van der Waals surface area contributed by atoms with E-state index in [1.54, 1.807) is 12.1 Å². The van der Waals surface area contributed by atoms with Crippen molar-refractivity contribution >= 4 is 32.7 Å². The Bertz CT molecular complexity index is 1220. The second-order valence-corrected chi connectivity index (χ2v) is 9.82. The molecule has 0 aliphatic carbocycles. The number of para-hydroxylation sites is 2. The Morgan fingerprint density at radius 3 is 2.43 bits per heavy atom. The van der Waals surface area contributed by atoms with Gasteiger partial charge in [0.15, 0.2) is 11.6 Å². The van der Waals surface area contributed by atoms with Gasteiger partial charge in [-0.2, -0.15) is 0 Å². The maximum absolute atomic E-state index is 13.6. The van der Waals surface area contributed by atoms with E-state index >= 15 is 0 Å². The largest absolute Gasteiger partial charge is 0.376 e. The summed E-state index contributed by atoms with van der Waals surface area (Å²) in [5.41, 5.74) is 3.42. The molecule has 3 aromatic rings. The monoisotopic (exact) mass is 424 g/mol. The number of anilines is 2. The number of aryl methyl sites for hydroxylation is 2. The fraction of sp³-hybridized carbons (Fsp3) is 0.364. The molecule has 3 heterocycles. The van der Waals surface area contributed by atoms with Gasteiger partial charge in [0.25, 0.3) is 10.0 Å². The van der Waals surface area contributed by atoms with Crippen LogP contribution in [0.4, 0.5) is 11.6 Å². The van der Waals surface area contributed by atoms with Crippen LogP contribution in [0.5, 0.6) is 0 Å². The van der Waals surface area contributed by atoms with Gasteiger partial charge in [-0.25, -0.2) is 22.7 Å². The second-order valence-electron chi connectivity index (χ2n) is 7.96. The zero-order valence-corrected chi connectivity index (χ0v) is 17.9. The number of nitrogens with zero attached hydrogens (tertiary/aromatic N) is 4. The molecule has 1 atom stereocenters.